The Hall–Kier alpha value is -0.890. The van der Waals surface area contributed by atoms with Gasteiger partial charge in [0, 0.05) is 29.3 Å². The van der Waals surface area contributed by atoms with E-state index in [4.69, 9.17) is 0 Å². The Morgan fingerprint density at radius 1 is 1.53 bits per heavy atom. The van der Waals surface area contributed by atoms with Gasteiger partial charge in [0.15, 0.2) is 0 Å². The summed E-state index contributed by atoms with van der Waals surface area (Å²) in [6.07, 6.45) is 0. The second kappa shape index (κ2) is 5.18. The van der Waals surface area contributed by atoms with Crippen LogP contribution in [0.5, 0.6) is 0 Å². The number of aliphatic hydroxyl groups is 1. The molecule has 1 rings (SSSR count). The lowest BCUT2D eigenvalue weighted by atomic mass is 10.1. The summed E-state index contributed by atoms with van der Waals surface area (Å²) in [6, 6.07) is 4.70. The fourth-order valence-electron chi connectivity index (χ4n) is 1.58. The van der Waals surface area contributed by atoms with Crippen LogP contribution in [0, 0.1) is 13.7 Å². The van der Waals surface area contributed by atoms with Gasteiger partial charge in [-0.05, 0) is 42.5 Å². The number of nitro groups is 1. The average molecular weight is 350 g/mol. The normalized spacial score (nSPS) is 11.4. The first-order chi connectivity index (χ1) is 7.70. The standard InChI is InChI=1S/C11H15IN2O3/c1-11(2,15)7-13(3)10-5-4-8(14(16)17)6-9(10)12/h4-6,15H,7H2,1-3H3. The van der Waals surface area contributed by atoms with E-state index in [0.717, 1.165) is 9.26 Å². The number of nitrogens with zero attached hydrogens (tertiary/aromatic N) is 2. The number of benzene rings is 1. The summed E-state index contributed by atoms with van der Waals surface area (Å²) >= 11 is 2.06. The highest BCUT2D eigenvalue weighted by atomic mass is 127. The van der Waals surface area contributed by atoms with Crippen molar-refractivity contribution in [3.63, 3.8) is 0 Å². The Labute approximate surface area is 114 Å². The van der Waals surface area contributed by atoms with Crippen LogP contribution in [0.2, 0.25) is 0 Å². The summed E-state index contributed by atoms with van der Waals surface area (Å²) in [6.45, 7) is 3.91. The molecule has 0 aliphatic rings. The Morgan fingerprint density at radius 3 is 2.53 bits per heavy atom. The van der Waals surface area contributed by atoms with Crippen LogP contribution in [0.1, 0.15) is 13.8 Å². The number of rotatable bonds is 4. The topological polar surface area (TPSA) is 66.6 Å². The van der Waals surface area contributed by atoms with Crippen LogP contribution in [0.15, 0.2) is 18.2 Å². The first-order valence-electron chi connectivity index (χ1n) is 5.08. The van der Waals surface area contributed by atoms with Gasteiger partial charge in [0.25, 0.3) is 5.69 Å². The van der Waals surface area contributed by atoms with E-state index in [1.54, 1.807) is 19.9 Å². The number of non-ortho nitro benzene ring substituents is 1. The third-order valence-electron chi connectivity index (χ3n) is 2.18. The molecule has 0 atom stereocenters. The monoisotopic (exact) mass is 350 g/mol. The van der Waals surface area contributed by atoms with Crippen molar-refractivity contribution in [1.82, 2.24) is 0 Å². The lowest BCUT2D eigenvalue weighted by molar-refractivity contribution is -0.384. The zero-order valence-electron chi connectivity index (χ0n) is 9.98. The summed E-state index contributed by atoms with van der Waals surface area (Å²) in [5, 5.41) is 20.3. The number of hydrogen-bond acceptors (Lipinski definition) is 4. The summed E-state index contributed by atoms with van der Waals surface area (Å²) in [5.41, 5.74) is 0.146. The highest BCUT2D eigenvalue weighted by Gasteiger charge is 2.18. The second-order valence-corrected chi connectivity index (χ2v) is 5.72. The van der Waals surface area contributed by atoms with Crippen molar-refractivity contribution in [2.24, 2.45) is 0 Å². The van der Waals surface area contributed by atoms with Gasteiger partial charge in [0.1, 0.15) is 0 Å². The third-order valence-corrected chi connectivity index (χ3v) is 3.04. The van der Waals surface area contributed by atoms with E-state index in [2.05, 4.69) is 22.6 Å². The molecule has 0 amide bonds. The Bertz CT molecular complexity index is 429. The number of halogens is 1. The van der Waals surface area contributed by atoms with Crippen LogP contribution in [-0.4, -0.2) is 29.2 Å². The molecule has 94 valence electrons. The third kappa shape index (κ3) is 4.12. The molecule has 1 N–H and O–H groups in total. The molecule has 0 radical (unpaired) electrons. The maximum Gasteiger partial charge on any atom is 0.270 e. The van der Waals surface area contributed by atoms with E-state index in [9.17, 15) is 15.2 Å². The molecule has 0 aromatic heterocycles. The molecule has 0 aliphatic carbocycles. The van der Waals surface area contributed by atoms with Gasteiger partial charge in [-0.1, -0.05) is 0 Å². The molecule has 1 aromatic rings. The van der Waals surface area contributed by atoms with Crippen molar-refractivity contribution >= 4 is 34.0 Å². The van der Waals surface area contributed by atoms with Crippen LogP contribution in [0.25, 0.3) is 0 Å². The van der Waals surface area contributed by atoms with Gasteiger partial charge in [-0.25, -0.2) is 0 Å². The maximum absolute atomic E-state index is 10.6. The minimum Gasteiger partial charge on any atom is -0.389 e. The molecular formula is C11H15IN2O3. The minimum atomic E-state index is -0.806. The number of nitro benzene ring substituents is 1. The summed E-state index contributed by atoms with van der Waals surface area (Å²) in [4.78, 5) is 12.1. The molecule has 0 heterocycles. The van der Waals surface area contributed by atoms with E-state index in [1.807, 2.05) is 11.9 Å². The Morgan fingerprint density at radius 2 is 2.12 bits per heavy atom. The number of hydrogen-bond donors (Lipinski definition) is 1. The first-order valence-corrected chi connectivity index (χ1v) is 6.16. The van der Waals surface area contributed by atoms with E-state index in [-0.39, 0.29) is 5.69 Å². The number of anilines is 1. The van der Waals surface area contributed by atoms with Crippen LogP contribution >= 0.6 is 22.6 Å². The van der Waals surface area contributed by atoms with Crippen molar-refractivity contribution in [1.29, 1.82) is 0 Å². The molecule has 0 unspecified atom stereocenters. The summed E-state index contributed by atoms with van der Waals surface area (Å²) in [5.74, 6) is 0. The smallest absolute Gasteiger partial charge is 0.270 e. The average Bonchev–Trinajstić information content (AvgIpc) is 2.14. The number of likely N-dealkylation sites (N-methyl/N-ethyl adjacent to an activating group) is 1. The van der Waals surface area contributed by atoms with Crippen LogP contribution < -0.4 is 4.90 Å². The van der Waals surface area contributed by atoms with Crippen molar-refractivity contribution < 1.29 is 10.0 Å². The Kier molecular flexibility index (Phi) is 4.31. The summed E-state index contributed by atoms with van der Waals surface area (Å²) in [7, 11) is 1.85. The molecular weight excluding hydrogens is 335 g/mol. The molecule has 0 bridgehead atoms. The predicted molar refractivity (Wildman–Crippen MR) is 75.4 cm³/mol. The lowest BCUT2D eigenvalue weighted by Crippen LogP contribution is -2.36. The zero-order chi connectivity index (χ0) is 13.2. The van der Waals surface area contributed by atoms with Gasteiger partial charge in [-0.2, -0.15) is 0 Å². The van der Waals surface area contributed by atoms with Crippen molar-refractivity contribution in [2.45, 2.75) is 19.4 Å². The van der Waals surface area contributed by atoms with Crippen LogP contribution in [-0.2, 0) is 0 Å². The van der Waals surface area contributed by atoms with E-state index in [1.165, 1.54) is 12.1 Å². The van der Waals surface area contributed by atoms with E-state index < -0.39 is 10.5 Å². The minimum absolute atomic E-state index is 0.0785. The van der Waals surface area contributed by atoms with Gasteiger partial charge in [-0.15, -0.1) is 0 Å². The van der Waals surface area contributed by atoms with Gasteiger partial charge < -0.3 is 10.0 Å². The van der Waals surface area contributed by atoms with Gasteiger partial charge in [-0.3, -0.25) is 10.1 Å². The van der Waals surface area contributed by atoms with Crippen molar-refractivity contribution in [2.75, 3.05) is 18.5 Å². The molecule has 0 spiro atoms. The molecule has 1 aromatic carbocycles. The predicted octanol–water partition coefficient (Wildman–Crippen LogP) is 2.41. The Balaban J connectivity index is 2.96. The van der Waals surface area contributed by atoms with Gasteiger partial charge in [0.2, 0.25) is 0 Å². The second-order valence-electron chi connectivity index (χ2n) is 4.56. The van der Waals surface area contributed by atoms with Crippen LogP contribution in [0.4, 0.5) is 11.4 Å². The maximum atomic E-state index is 10.6. The first kappa shape index (κ1) is 14.2. The fourth-order valence-corrected chi connectivity index (χ4v) is 2.50. The molecule has 5 nitrogen and oxygen atoms in total. The molecule has 0 fully saturated rings. The van der Waals surface area contributed by atoms with Gasteiger partial charge >= 0.3 is 0 Å². The van der Waals surface area contributed by atoms with E-state index >= 15 is 0 Å². The molecule has 6 heteroatoms. The molecule has 0 saturated heterocycles. The molecule has 17 heavy (non-hydrogen) atoms. The highest BCUT2D eigenvalue weighted by molar-refractivity contribution is 14.1. The van der Waals surface area contributed by atoms with Gasteiger partial charge in [0.05, 0.1) is 16.2 Å². The largest absolute Gasteiger partial charge is 0.389 e. The van der Waals surface area contributed by atoms with Crippen molar-refractivity contribution in [3.8, 4) is 0 Å². The van der Waals surface area contributed by atoms with E-state index in [0.29, 0.717) is 6.54 Å². The SMILES string of the molecule is CN(CC(C)(C)O)c1ccc([N+](=O)[O-])cc1I. The molecule has 0 aliphatic heterocycles. The highest BCUT2D eigenvalue weighted by Crippen LogP contribution is 2.26. The quantitative estimate of drug-likeness (QED) is 0.515. The lowest BCUT2D eigenvalue weighted by Gasteiger charge is -2.27. The van der Waals surface area contributed by atoms with Crippen LogP contribution in [0.3, 0.4) is 0 Å². The fraction of sp³-hybridized carbons (Fsp3) is 0.455. The zero-order valence-corrected chi connectivity index (χ0v) is 12.1. The van der Waals surface area contributed by atoms with Crippen molar-refractivity contribution in [3.05, 3.63) is 31.9 Å². The summed E-state index contributed by atoms with van der Waals surface area (Å²) < 4.78 is 0.795. The molecule has 0 saturated carbocycles.